The minimum atomic E-state index is -4.51. The molecule has 2 aromatic carbocycles. The summed E-state index contributed by atoms with van der Waals surface area (Å²) in [5, 5.41) is 9.28. The van der Waals surface area contributed by atoms with Crippen molar-refractivity contribution < 1.29 is 18.0 Å². The van der Waals surface area contributed by atoms with Gasteiger partial charge in [-0.25, -0.2) is 4.79 Å². The van der Waals surface area contributed by atoms with Gasteiger partial charge in [0.15, 0.2) is 0 Å². The molecule has 0 fully saturated rings. The largest absolute Gasteiger partial charge is 0.416 e. The number of amides is 2. The molecule has 1 aromatic heterocycles. The van der Waals surface area contributed by atoms with E-state index in [1.54, 1.807) is 12.3 Å². The molecule has 0 aliphatic carbocycles. The second-order valence-corrected chi connectivity index (χ2v) is 7.46. The molecular weight excluding hydrogens is 417 g/mol. The van der Waals surface area contributed by atoms with Crippen LogP contribution in [0.4, 0.5) is 29.3 Å². The topological polar surface area (TPSA) is 59.0 Å². The summed E-state index contributed by atoms with van der Waals surface area (Å²) in [6.07, 6.45) is -2.79. The summed E-state index contributed by atoms with van der Waals surface area (Å²) in [4.78, 5) is 12.4. The molecule has 0 saturated carbocycles. The van der Waals surface area contributed by atoms with Crippen molar-refractivity contribution in [3.8, 4) is 11.3 Å². The van der Waals surface area contributed by atoms with Crippen LogP contribution in [-0.4, -0.2) is 15.8 Å². The zero-order valence-corrected chi connectivity index (χ0v) is 17.3. The lowest BCUT2D eigenvalue weighted by atomic mass is 10.0. The number of anilines is 2. The van der Waals surface area contributed by atoms with E-state index in [9.17, 15) is 18.0 Å². The number of halogens is 4. The van der Waals surface area contributed by atoms with Crippen LogP contribution in [0, 0.1) is 6.92 Å². The molecule has 0 atom stereocenters. The van der Waals surface area contributed by atoms with Crippen molar-refractivity contribution in [1.82, 2.24) is 9.78 Å². The van der Waals surface area contributed by atoms with Crippen molar-refractivity contribution >= 4 is 29.0 Å². The molecule has 0 spiro atoms. The van der Waals surface area contributed by atoms with Gasteiger partial charge in [0.05, 0.1) is 22.0 Å². The zero-order valence-electron chi connectivity index (χ0n) is 16.5. The minimum absolute atomic E-state index is 0.0763. The van der Waals surface area contributed by atoms with Gasteiger partial charge < -0.3 is 10.6 Å². The van der Waals surface area contributed by atoms with Gasteiger partial charge in [-0.05, 0) is 62.7 Å². The standard InChI is InChI=1S/C21H20ClF3N4O/c1-12(2)29-19(8-9-26-29)16-11-15(6-4-13(16)3)27-20(30)28-18-7-5-14(10-17(18)22)21(23,24)25/h4-12H,1-3H3,(H2,27,28,30). The molecule has 2 N–H and O–H groups in total. The Bertz CT molecular complexity index is 1080. The molecule has 2 amide bonds. The Hall–Kier alpha value is -3.00. The summed E-state index contributed by atoms with van der Waals surface area (Å²) in [7, 11) is 0. The fourth-order valence-electron chi connectivity index (χ4n) is 2.99. The highest BCUT2D eigenvalue weighted by molar-refractivity contribution is 6.33. The van der Waals surface area contributed by atoms with Gasteiger partial charge in [0.25, 0.3) is 0 Å². The van der Waals surface area contributed by atoms with E-state index in [2.05, 4.69) is 15.7 Å². The second kappa shape index (κ2) is 8.39. The van der Waals surface area contributed by atoms with Crippen LogP contribution in [0.15, 0.2) is 48.7 Å². The summed E-state index contributed by atoms with van der Waals surface area (Å²) in [6.45, 7) is 6.00. The molecule has 0 aliphatic heterocycles. The third-order valence-electron chi connectivity index (χ3n) is 4.48. The Morgan fingerprint density at radius 1 is 1.10 bits per heavy atom. The first kappa shape index (κ1) is 21.7. The van der Waals surface area contributed by atoms with Gasteiger partial charge in [0, 0.05) is 23.5 Å². The first-order chi connectivity index (χ1) is 14.1. The number of aryl methyl sites for hydroxylation is 1. The maximum absolute atomic E-state index is 12.8. The summed E-state index contributed by atoms with van der Waals surface area (Å²) >= 11 is 5.89. The normalized spacial score (nSPS) is 11.6. The summed E-state index contributed by atoms with van der Waals surface area (Å²) in [6, 6.07) is 9.61. The number of carbonyl (C=O) groups excluding carboxylic acids is 1. The van der Waals surface area contributed by atoms with Gasteiger partial charge in [-0.2, -0.15) is 18.3 Å². The molecule has 0 aliphatic rings. The van der Waals surface area contributed by atoms with Gasteiger partial charge in [-0.3, -0.25) is 4.68 Å². The van der Waals surface area contributed by atoms with E-state index in [0.29, 0.717) is 5.69 Å². The number of alkyl halides is 3. The molecule has 30 heavy (non-hydrogen) atoms. The highest BCUT2D eigenvalue weighted by Gasteiger charge is 2.31. The average molecular weight is 437 g/mol. The molecule has 158 valence electrons. The maximum Gasteiger partial charge on any atom is 0.416 e. The van der Waals surface area contributed by atoms with Crippen molar-refractivity contribution in [2.24, 2.45) is 0 Å². The zero-order chi connectivity index (χ0) is 22.1. The van der Waals surface area contributed by atoms with Gasteiger partial charge in [-0.15, -0.1) is 0 Å². The molecule has 0 radical (unpaired) electrons. The number of rotatable bonds is 4. The van der Waals surface area contributed by atoms with E-state index in [1.807, 2.05) is 43.7 Å². The fourth-order valence-corrected chi connectivity index (χ4v) is 3.22. The van der Waals surface area contributed by atoms with E-state index in [0.717, 1.165) is 35.0 Å². The van der Waals surface area contributed by atoms with Gasteiger partial charge in [0.2, 0.25) is 0 Å². The minimum Gasteiger partial charge on any atom is -0.308 e. The number of hydrogen-bond acceptors (Lipinski definition) is 2. The van der Waals surface area contributed by atoms with Crippen molar-refractivity contribution in [3.05, 3.63) is 64.8 Å². The summed E-state index contributed by atoms with van der Waals surface area (Å²) in [5.74, 6) is 0. The lowest BCUT2D eigenvalue weighted by molar-refractivity contribution is -0.137. The van der Waals surface area contributed by atoms with Crippen molar-refractivity contribution in [2.75, 3.05) is 10.6 Å². The molecule has 9 heteroatoms. The molecular formula is C21H20ClF3N4O. The van der Waals surface area contributed by atoms with Crippen molar-refractivity contribution in [3.63, 3.8) is 0 Å². The third kappa shape index (κ3) is 4.76. The van der Waals surface area contributed by atoms with Crippen LogP contribution in [0.25, 0.3) is 11.3 Å². The number of nitrogens with zero attached hydrogens (tertiary/aromatic N) is 2. The Labute approximate surface area is 176 Å². The van der Waals surface area contributed by atoms with Crippen LogP contribution in [0.2, 0.25) is 5.02 Å². The average Bonchev–Trinajstić information content (AvgIpc) is 3.14. The van der Waals surface area contributed by atoms with E-state index in [4.69, 9.17) is 11.6 Å². The first-order valence-electron chi connectivity index (χ1n) is 9.15. The lowest BCUT2D eigenvalue weighted by Crippen LogP contribution is -2.20. The van der Waals surface area contributed by atoms with Gasteiger partial charge in [-0.1, -0.05) is 17.7 Å². The number of nitrogens with one attached hydrogen (secondary N) is 2. The predicted octanol–water partition coefficient (Wildman–Crippen LogP) is 6.76. The van der Waals surface area contributed by atoms with Crippen LogP contribution in [-0.2, 0) is 6.18 Å². The van der Waals surface area contributed by atoms with E-state index >= 15 is 0 Å². The van der Waals surface area contributed by atoms with E-state index < -0.39 is 17.8 Å². The van der Waals surface area contributed by atoms with Gasteiger partial charge in [0.1, 0.15) is 0 Å². The van der Waals surface area contributed by atoms with Crippen LogP contribution in [0.3, 0.4) is 0 Å². The lowest BCUT2D eigenvalue weighted by Gasteiger charge is -2.15. The smallest absolute Gasteiger partial charge is 0.308 e. The molecule has 1 heterocycles. The second-order valence-electron chi connectivity index (χ2n) is 7.06. The van der Waals surface area contributed by atoms with Crippen molar-refractivity contribution in [2.45, 2.75) is 33.0 Å². The number of carbonyl (C=O) groups is 1. The maximum atomic E-state index is 12.8. The number of aromatic nitrogens is 2. The van der Waals surface area contributed by atoms with Crippen LogP contribution in [0.5, 0.6) is 0 Å². The molecule has 0 bridgehead atoms. The fraction of sp³-hybridized carbons (Fsp3) is 0.238. The first-order valence-corrected chi connectivity index (χ1v) is 9.53. The predicted molar refractivity (Wildman–Crippen MR) is 112 cm³/mol. The molecule has 3 aromatic rings. The third-order valence-corrected chi connectivity index (χ3v) is 4.79. The highest BCUT2D eigenvalue weighted by atomic mass is 35.5. The van der Waals surface area contributed by atoms with E-state index in [-0.39, 0.29) is 16.8 Å². The SMILES string of the molecule is Cc1ccc(NC(=O)Nc2ccc(C(F)(F)F)cc2Cl)cc1-c1ccnn1C(C)C. The number of hydrogen-bond donors (Lipinski definition) is 2. The van der Waals surface area contributed by atoms with Gasteiger partial charge >= 0.3 is 12.2 Å². The summed E-state index contributed by atoms with van der Waals surface area (Å²) in [5.41, 5.74) is 2.54. The number of benzene rings is 2. The Morgan fingerprint density at radius 3 is 2.47 bits per heavy atom. The molecule has 0 unspecified atom stereocenters. The van der Waals surface area contributed by atoms with Crippen LogP contribution >= 0.6 is 11.6 Å². The molecule has 5 nitrogen and oxygen atoms in total. The van der Waals surface area contributed by atoms with Crippen LogP contribution < -0.4 is 10.6 Å². The monoisotopic (exact) mass is 436 g/mol. The Morgan fingerprint density at radius 2 is 1.83 bits per heavy atom. The highest BCUT2D eigenvalue weighted by Crippen LogP contribution is 2.34. The Balaban J connectivity index is 1.79. The van der Waals surface area contributed by atoms with E-state index in [1.165, 1.54) is 0 Å². The Kier molecular flexibility index (Phi) is 6.07. The molecule has 0 saturated heterocycles. The van der Waals surface area contributed by atoms with Crippen LogP contribution in [0.1, 0.15) is 31.0 Å². The van der Waals surface area contributed by atoms with Crippen molar-refractivity contribution in [1.29, 1.82) is 0 Å². The molecule has 3 rings (SSSR count). The quantitative estimate of drug-likeness (QED) is 0.475. The summed E-state index contributed by atoms with van der Waals surface area (Å²) < 4.78 is 40.1. The number of urea groups is 1.